The number of nitrogens with one attached hydrogen (secondary N) is 1. The van der Waals surface area contributed by atoms with Crippen LogP contribution in [0.5, 0.6) is 5.75 Å². The number of aromatic nitrogens is 1. The number of hydrogen-bond donors (Lipinski definition) is 2. The minimum Gasteiger partial charge on any atom is -0.508 e. The van der Waals surface area contributed by atoms with Crippen molar-refractivity contribution in [1.82, 2.24) is 4.98 Å². The van der Waals surface area contributed by atoms with Crippen LogP contribution >= 0.6 is 22.6 Å². The van der Waals surface area contributed by atoms with E-state index in [1.807, 2.05) is 12.3 Å². The third-order valence-corrected chi connectivity index (χ3v) is 2.50. The number of halogens is 1. The van der Waals surface area contributed by atoms with Crippen LogP contribution in [0.1, 0.15) is 0 Å². The SMILES string of the molecule is Oc1cc(I)c2cc[nH]c2c1. The van der Waals surface area contributed by atoms with Crippen molar-refractivity contribution >= 4 is 33.5 Å². The highest BCUT2D eigenvalue weighted by Crippen LogP contribution is 2.24. The molecule has 0 aliphatic carbocycles. The van der Waals surface area contributed by atoms with E-state index in [0.717, 1.165) is 14.5 Å². The first kappa shape index (κ1) is 6.97. The fourth-order valence-electron chi connectivity index (χ4n) is 1.11. The van der Waals surface area contributed by atoms with Gasteiger partial charge < -0.3 is 10.1 Å². The molecule has 0 atom stereocenters. The van der Waals surface area contributed by atoms with E-state index >= 15 is 0 Å². The number of phenols is 1. The third-order valence-electron chi connectivity index (χ3n) is 1.60. The summed E-state index contributed by atoms with van der Waals surface area (Å²) in [5, 5.41) is 10.4. The highest BCUT2D eigenvalue weighted by atomic mass is 127. The first-order chi connectivity index (χ1) is 5.27. The number of benzene rings is 1. The Morgan fingerprint density at radius 2 is 2.18 bits per heavy atom. The van der Waals surface area contributed by atoms with Crippen molar-refractivity contribution < 1.29 is 5.11 Å². The highest BCUT2D eigenvalue weighted by molar-refractivity contribution is 14.1. The second kappa shape index (κ2) is 2.41. The molecular formula is C8H6INO. The van der Waals surface area contributed by atoms with Gasteiger partial charge in [-0.05, 0) is 34.7 Å². The van der Waals surface area contributed by atoms with Crippen molar-refractivity contribution in [3.8, 4) is 5.75 Å². The van der Waals surface area contributed by atoms with Gasteiger partial charge in [-0.3, -0.25) is 0 Å². The van der Waals surface area contributed by atoms with Gasteiger partial charge in [0.2, 0.25) is 0 Å². The van der Waals surface area contributed by atoms with Gasteiger partial charge in [-0.2, -0.15) is 0 Å². The van der Waals surface area contributed by atoms with Crippen LogP contribution in [0.4, 0.5) is 0 Å². The standard InChI is InChI=1S/C8H6INO/c9-7-3-5(11)4-8-6(7)1-2-10-8/h1-4,10-11H. The van der Waals surface area contributed by atoms with E-state index in [9.17, 15) is 5.11 Å². The molecule has 1 heterocycles. The summed E-state index contributed by atoms with van der Waals surface area (Å²) in [5.41, 5.74) is 0.981. The largest absolute Gasteiger partial charge is 0.508 e. The summed E-state index contributed by atoms with van der Waals surface area (Å²) in [6.45, 7) is 0. The number of phenolic OH excluding ortho intramolecular Hbond substituents is 1. The molecule has 0 fully saturated rings. The van der Waals surface area contributed by atoms with Gasteiger partial charge >= 0.3 is 0 Å². The zero-order chi connectivity index (χ0) is 7.84. The summed E-state index contributed by atoms with van der Waals surface area (Å²) in [7, 11) is 0. The Kier molecular flexibility index (Phi) is 1.52. The summed E-state index contributed by atoms with van der Waals surface area (Å²) < 4.78 is 1.07. The Bertz CT molecular complexity index is 394. The maximum absolute atomic E-state index is 9.20. The summed E-state index contributed by atoms with van der Waals surface area (Å²) in [4.78, 5) is 3.04. The van der Waals surface area contributed by atoms with Gasteiger partial charge in [-0.15, -0.1) is 0 Å². The summed E-state index contributed by atoms with van der Waals surface area (Å²) in [6, 6.07) is 5.46. The molecule has 0 saturated carbocycles. The monoisotopic (exact) mass is 259 g/mol. The predicted octanol–water partition coefficient (Wildman–Crippen LogP) is 2.48. The average molecular weight is 259 g/mol. The number of H-pyrrole nitrogens is 1. The van der Waals surface area contributed by atoms with Crippen LogP contribution in [0.2, 0.25) is 0 Å². The Morgan fingerprint density at radius 3 is 3.00 bits per heavy atom. The molecule has 0 amide bonds. The first-order valence-corrected chi connectivity index (χ1v) is 4.31. The van der Waals surface area contributed by atoms with E-state index in [2.05, 4.69) is 27.6 Å². The number of aromatic hydroxyl groups is 1. The molecule has 2 nitrogen and oxygen atoms in total. The Balaban J connectivity index is 2.91. The molecule has 1 aromatic heterocycles. The van der Waals surface area contributed by atoms with Gasteiger partial charge in [0.25, 0.3) is 0 Å². The minimum atomic E-state index is 0.310. The number of aromatic amines is 1. The van der Waals surface area contributed by atoms with Crippen LogP contribution in [-0.2, 0) is 0 Å². The Morgan fingerprint density at radius 1 is 1.36 bits per heavy atom. The first-order valence-electron chi connectivity index (χ1n) is 3.23. The Labute approximate surface area is 77.4 Å². The Hall–Kier alpha value is -0.710. The van der Waals surface area contributed by atoms with Crippen LogP contribution in [0, 0.1) is 3.57 Å². The van der Waals surface area contributed by atoms with Gasteiger partial charge in [-0.25, -0.2) is 0 Å². The topological polar surface area (TPSA) is 36.0 Å². The van der Waals surface area contributed by atoms with Crippen LogP contribution in [-0.4, -0.2) is 10.1 Å². The smallest absolute Gasteiger partial charge is 0.118 e. The highest BCUT2D eigenvalue weighted by Gasteiger charge is 2.00. The fraction of sp³-hybridized carbons (Fsp3) is 0. The fourth-order valence-corrected chi connectivity index (χ4v) is 1.90. The van der Waals surface area contributed by atoms with Crippen molar-refractivity contribution in [3.63, 3.8) is 0 Å². The molecule has 0 unspecified atom stereocenters. The van der Waals surface area contributed by atoms with Crippen LogP contribution in [0.15, 0.2) is 24.4 Å². The summed E-state index contributed by atoms with van der Waals surface area (Å²) in [6.07, 6.45) is 1.87. The molecule has 1 aromatic carbocycles. The molecule has 56 valence electrons. The molecule has 2 rings (SSSR count). The van der Waals surface area contributed by atoms with Crippen LogP contribution in [0.25, 0.3) is 10.9 Å². The van der Waals surface area contributed by atoms with Crippen molar-refractivity contribution in [2.45, 2.75) is 0 Å². The van der Waals surface area contributed by atoms with Crippen LogP contribution in [0.3, 0.4) is 0 Å². The molecule has 0 aliphatic heterocycles. The number of hydrogen-bond acceptors (Lipinski definition) is 1. The molecular weight excluding hydrogens is 253 g/mol. The summed E-state index contributed by atoms with van der Waals surface area (Å²) in [5.74, 6) is 0.310. The second-order valence-electron chi connectivity index (χ2n) is 2.37. The molecule has 0 spiro atoms. The number of rotatable bonds is 0. The van der Waals surface area contributed by atoms with E-state index < -0.39 is 0 Å². The normalized spacial score (nSPS) is 10.6. The van der Waals surface area contributed by atoms with Crippen molar-refractivity contribution in [1.29, 1.82) is 0 Å². The molecule has 2 aromatic rings. The third kappa shape index (κ3) is 1.09. The van der Waals surface area contributed by atoms with E-state index in [0.29, 0.717) is 5.75 Å². The molecule has 11 heavy (non-hydrogen) atoms. The number of fused-ring (bicyclic) bond motifs is 1. The van der Waals surface area contributed by atoms with Crippen molar-refractivity contribution in [2.75, 3.05) is 0 Å². The maximum atomic E-state index is 9.20. The second-order valence-corrected chi connectivity index (χ2v) is 3.53. The van der Waals surface area contributed by atoms with Gasteiger partial charge in [0.15, 0.2) is 0 Å². The molecule has 2 N–H and O–H groups in total. The quantitative estimate of drug-likeness (QED) is 0.700. The lowest BCUT2D eigenvalue weighted by Gasteiger charge is -1.95. The van der Waals surface area contributed by atoms with E-state index in [1.165, 1.54) is 0 Å². The van der Waals surface area contributed by atoms with Gasteiger partial charge in [-0.1, -0.05) is 0 Å². The van der Waals surface area contributed by atoms with E-state index in [1.54, 1.807) is 12.1 Å². The molecule has 0 radical (unpaired) electrons. The van der Waals surface area contributed by atoms with Gasteiger partial charge in [0.1, 0.15) is 5.75 Å². The molecule has 0 saturated heterocycles. The maximum Gasteiger partial charge on any atom is 0.118 e. The predicted molar refractivity (Wildman–Crippen MR) is 52.7 cm³/mol. The molecule has 0 bridgehead atoms. The zero-order valence-electron chi connectivity index (χ0n) is 5.63. The van der Waals surface area contributed by atoms with E-state index in [-0.39, 0.29) is 0 Å². The molecule has 3 heteroatoms. The van der Waals surface area contributed by atoms with Crippen LogP contribution < -0.4 is 0 Å². The lowest BCUT2D eigenvalue weighted by molar-refractivity contribution is 0.475. The van der Waals surface area contributed by atoms with Gasteiger partial charge in [0.05, 0.1) is 5.52 Å². The zero-order valence-corrected chi connectivity index (χ0v) is 7.79. The summed E-state index contributed by atoms with van der Waals surface area (Å²) >= 11 is 2.20. The lowest BCUT2D eigenvalue weighted by atomic mass is 10.2. The van der Waals surface area contributed by atoms with E-state index in [4.69, 9.17) is 0 Å². The minimum absolute atomic E-state index is 0.310. The molecule has 0 aliphatic rings. The van der Waals surface area contributed by atoms with Crippen molar-refractivity contribution in [3.05, 3.63) is 28.0 Å². The van der Waals surface area contributed by atoms with Crippen molar-refractivity contribution in [2.24, 2.45) is 0 Å². The lowest BCUT2D eigenvalue weighted by Crippen LogP contribution is -1.73. The van der Waals surface area contributed by atoms with Gasteiger partial charge in [0, 0.05) is 21.2 Å². The average Bonchev–Trinajstić information content (AvgIpc) is 2.34.